The molecule has 2 N–H and O–H groups in total. The molecule has 0 unspecified atom stereocenters. The third kappa shape index (κ3) is 5.71. The zero-order chi connectivity index (χ0) is 22.3. The topological polar surface area (TPSA) is 79.3 Å². The molecule has 0 radical (unpaired) electrons. The number of nitrogens with zero attached hydrogens (tertiary/aromatic N) is 1. The third-order valence-electron chi connectivity index (χ3n) is 5.75. The molecule has 1 saturated carbocycles. The van der Waals surface area contributed by atoms with E-state index in [1.165, 1.54) is 43.9 Å². The Hall–Kier alpha value is -3.25. The van der Waals surface area contributed by atoms with Crippen LogP contribution in [0.4, 0.5) is 5.69 Å². The number of hydrogen-bond acceptors (Lipinski definition) is 4. The van der Waals surface area contributed by atoms with Crippen LogP contribution in [0.2, 0.25) is 0 Å². The van der Waals surface area contributed by atoms with E-state index in [-0.39, 0.29) is 17.9 Å². The Kier molecular flexibility index (Phi) is 7.12. The van der Waals surface area contributed by atoms with E-state index in [0.717, 1.165) is 10.6 Å². The van der Waals surface area contributed by atoms with E-state index in [4.69, 9.17) is 4.98 Å². The van der Waals surface area contributed by atoms with E-state index < -0.39 is 5.97 Å². The number of aromatic carboxylic acids is 1. The lowest BCUT2D eigenvalue weighted by Crippen LogP contribution is -2.16. The molecular formula is C26H26N2O3S. The molecule has 2 aromatic carbocycles. The quantitative estimate of drug-likeness (QED) is 0.450. The molecule has 1 amide bonds. The maximum absolute atomic E-state index is 12.5. The van der Waals surface area contributed by atoms with Gasteiger partial charge in [0.2, 0.25) is 5.91 Å². The second-order valence-electron chi connectivity index (χ2n) is 8.09. The molecule has 6 heteroatoms. The summed E-state index contributed by atoms with van der Waals surface area (Å²) in [7, 11) is 0. The van der Waals surface area contributed by atoms with Gasteiger partial charge in [-0.15, -0.1) is 11.3 Å². The number of amides is 1. The highest BCUT2D eigenvalue weighted by molar-refractivity contribution is 7.10. The zero-order valence-corrected chi connectivity index (χ0v) is 18.6. The zero-order valence-electron chi connectivity index (χ0n) is 17.8. The molecule has 0 spiro atoms. The summed E-state index contributed by atoms with van der Waals surface area (Å²) in [5, 5.41) is 15.3. The Morgan fingerprint density at radius 3 is 2.69 bits per heavy atom. The van der Waals surface area contributed by atoms with Gasteiger partial charge in [-0.05, 0) is 48.2 Å². The number of carbonyl (C=O) groups is 2. The Morgan fingerprint density at radius 1 is 1.06 bits per heavy atom. The Balaban J connectivity index is 1.39. The molecule has 164 valence electrons. The second-order valence-corrected chi connectivity index (χ2v) is 8.98. The van der Waals surface area contributed by atoms with Crippen molar-refractivity contribution in [1.82, 2.24) is 4.98 Å². The van der Waals surface area contributed by atoms with E-state index in [9.17, 15) is 14.7 Å². The minimum atomic E-state index is -1.03. The van der Waals surface area contributed by atoms with Crippen molar-refractivity contribution in [3.05, 3.63) is 81.3 Å². The Bertz CT molecular complexity index is 1130. The van der Waals surface area contributed by atoms with Crippen LogP contribution < -0.4 is 5.32 Å². The fourth-order valence-corrected chi connectivity index (χ4v) is 4.90. The van der Waals surface area contributed by atoms with Crippen molar-refractivity contribution in [3.8, 4) is 0 Å². The maximum Gasteiger partial charge on any atom is 0.335 e. The lowest BCUT2D eigenvalue weighted by molar-refractivity contribution is -0.115. The molecule has 4 rings (SSSR count). The van der Waals surface area contributed by atoms with Crippen molar-refractivity contribution in [3.63, 3.8) is 0 Å². The van der Waals surface area contributed by atoms with Gasteiger partial charge in [0.1, 0.15) is 5.01 Å². The number of aromatic nitrogens is 1. The highest BCUT2D eigenvalue weighted by Crippen LogP contribution is 2.33. The first-order chi connectivity index (χ1) is 15.6. The molecule has 1 aliphatic rings. The summed E-state index contributed by atoms with van der Waals surface area (Å²) in [5.41, 5.74) is 3.49. The van der Waals surface area contributed by atoms with Crippen LogP contribution in [0.15, 0.2) is 53.9 Å². The van der Waals surface area contributed by atoms with Gasteiger partial charge in [-0.1, -0.05) is 55.7 Å². The van der Waals surface area contributed by atoms with Crippen LogP contribution in [-0.2, 0) is 11.2 Å². The molecule has 1 fully saturated rings. The number of carboxylic acid groups (broad SMARTS) is 1. The summed E-state index contributed by atoms with van der Waals surface area (Å²) in [5.74, 6) is -0.682. The van der Waals surface area contributed by atoms with Crippen molar-refractivity contribution < 1.29 is 14.7 Å². The van der Waals surface area contributed by atoms with Gasteiger partial charge in [0.15, 0.2) is 0 Å². The van der Waals surface area contributed by atoms with Gasteiger partial charge in [-0.2, -0.15) is 0 Å². The fourth-order valence-electron chi connectivity index (χ4n) is 4.11. The van der Waals surface area contributed by atoms with E-state index in [1.807, 2.05) is 36.4 Å². The van der Waals surface area contributed by atoms with Gasteiger partial charge in [0, 0.05) is 17.0 Å². The standard InChI is InChI=1S/C26H26N2O3S/c29-24(16-20-10-4-5-12-22(20)26(30)31)27-21-11-6-7-18(15-21)13-14-25-28-23(17-32-25)19-8-2-1-3-9-19/h4-7,10-15,17,19H,1-3,8-9,16H2,(H,27,29)(H,30,31). The highest BCUT2D eigenvalue weighted by atomic mass is 32.1. The Labute approximate surface area is 191 Å². The summed E-state index contributed by atoms with van der Waals surface area (Å²) in [6.45, 7) is 0. The van der Waals surface area contributed by atoms with Gasteiger partial charge in [0.05, 0.1) is 17.7 Å². The predicted octanol–water partition coefficient (Wildman–Crippen LogP) is 6.24. The minimum absolute atomic E-state index is 0.00555. The predicted molar refractivity (Wildman–Crippen MR) is 129 cm³/mol. The summed E-state index contributed by atoms with van der Waals surface area (Å²) in [6.07, 6.45) is 10.4. The normalized spacial score (nSPS) is 14.5. The van der Waals surface area contributed by atoms with Crippen LogP contribution in [0, 0.1) is 0 Å². The van der Waals surface area contributed by atoms with Crippen LogP contribution in [0.3, 0.4) is 0 Å². The first kappa shape index (κ1) is 22.0. The summed E-state index contributed by atoms with van der Waals surface area (Å²) >= 11 is 1.67. The highest BCUT2D eigenvalue weighted by Gasteiger charge is 2.17. The lowest BCUT2D eigenvalue weighted by Gasteiger charge is -2.19. The Morgan fingerprint density at radius 2 is 1.88 bits per heavy atom. The number of benzene rings is 2. The van der Waals surface area contributed by atoms with Crippen LogP contribution >= 0.6 is 11.3 Å². The second kappa shape index (κ2) is 10.4. The van der Waals surface area contributed by atoms with E-state index in [1.54, 1.807) is 29.5 Å². The molecule has 0 atom stereocenters. The van der Waals surface area contributed by atoms with Crippen molar-refractivity contribution in [2.45, 2.75) is 44.4 Å². The van der Waals surface area contributed by atoms with Crippen molar-refractivity contribution in [2.24, 2.45) is 0 Å². The first-order valence-corrected chi connectivity index (χ1v) is 11.8. The smallest absolute Gasteiger partial charge is 0.335 e. The van der Waals surface area contributed by atoms with Crippen LogP contribution in [0.1, 0.15) is 70.2 Å². The number of nitrogens with one attached hydrogen (secondary N) is 1. The molecule has 0 bridgehead atoms. The molecular weight excluding hydrogens is 420 g/mol. The van der Waals surface area contributed by atoms with E-state index >= 15 is 0 Å². The molecule has 32 heavy (non-hydrogen) atoms. The summed E-state index contributed by atoms with van der Waals surface area (Å²) < 4.78 is 0. The largest absolute Gasteiger partial charge is 0.478 e. The van der Waals surface area contributed by atoms with E-state index in [0.29, 0.717) is 17.2 Å². The number of rotatable bonds is 7. The number of hydrogen-bond donors (Lipinski definition) is 2. The maximum atomic E-state index is 12.5. The molecule has 0 saturated heterocycles. The first-order valence-electron chi connectivity index (χ1n) is 10.9. The van der Waals surface area contributed by atoms with Crippen LogP contribution in [-0.4, -0.2) is 22.0 Å². The van der Waals surface area contributed by atoms with Crippen molar-refractivity contribution in [1.29, 1.82) is 0 Å². The van der Waals surface area contributed by atoms with Gasteiger partial charge in [-0.3, -0.25) is 4.79 Å². The molecule has 1 aromatic heterocycles. The van der Waals surface area contributed by atoms with E-state index in [2.05, 4.69) is 10.7 Å². The molecule has 5 nitrogen and oxygen atoms in total. The fraction of sp³-hybridized carbons (Fsp3) is 0.269. The van der Waals surface area contributed by atoms with Crippen molar-refractivity contribution >= 4 is 41.1 Å². The van der Waals surface area contributed by atoms with Gasteiger partial charge >= 0.3 is 5.97 Å². The summed E-state index contributed by atoms with van der Waals surface area (Å²) in [4.78, 5) is 28.6. The molecule has 1 heterocycles. The average Bonchev–Trinajstić information content (AvgIpc) is 3.28. The summed E-state index contributed by atoms with van der Waals surface area (Å²) in [6, 6.07) is 14.1. The monoisotopic (exact) mass is 446 g/mol. The minimum Gasteiger partial charge on any atom is -0.478 e. The molecule has 0 aliphatic heterocycles. The van der Waals surface area contributed by atoms with Gasteiger partial charge < -0.3 is 10.4 Å². The van der Waals surface area contributed by atoms with Crippen LogP contribution in [0.5, 0.6) is 0 Å². The van der Waals surface area contributed by atoms with Crippen molar-refractivity contribution in [2.75, 3.05) is 5.32 Å². The molecule has 3 aromatic rings. The number of carboxylic acids is 1. The number of thiazole rings is 1. The number of carbonyl (C=O) groups excluding carboxylic acids is 1. The van der Waals surface area contributed by atoms with Gasteiger partial charge in [-0.25, -0.2) is 9.78 Å². The van der Waals surface area contributed by atoms with Gasteiger partial charge in [0.25, 0.3) is 0 Å². The number of anilines is 1. The lowest BCUT2D eigenvalue weighted by atomic mass is 9.87. The van der Waals surface area contributed by atoms with Crippen LogP contribution in [0.25, 0.3) is 12.2 Å². The molecule has 1 aliphatic carbocycles. The third-order valence-corrected chi connectivity index (χ3v) is 6.58. The average molecular weight is 447 g/mol. The SMILES string of the molecule is O=C(Cc1ccccc1C(=O)O)Nc1cccc(C=Cc2nc(C3CCCCC3)cs2)c1.